The summed E-state index contributed by atoms with van der Waals surface area (Å²) in [5.74, 6) is 0.775. The van der Waals surface area contributed by atoms with Crippen LogP contribution in [0.1, 0.15) is 69.9 Å². The minimum Gasteiger partial charge on any atom is -0.352 e. The SMILES string of the molecule is CCCCN(CC)Cc1cccc(CNC(=O)CC2CC3CCC(C2)N3)c1.Cl.Cl. The second-order valence-corrected chi connectivity index (χ2v) is 8.50. The fourth-order valence-corrected chi connectivity index (χ4v) is 4.70. The van der Waals surface area contributed by atoms with Gasteiger partial charge in [-0.3, -0.25) is 9.69 Å². The Morgan fingerprint density at radius 1 is 1.14 bits per heavy atom. The van der Waals surface area contributed by atoms with Crippen LogP contribution in [0.15, 0.2) is 24.3 Å². The van der Waals surface area contributed by atoms with Gasteiger partial charge in [-0.1, -0.05) is 44.5 Å². The van der Waals surface area contributed by atoms with Crippen molar-refractivity contribution >= 4 is 30.7 Å². The van der Waals surface area contributed by atoms with Crippen LogP contribution in [0, 0.1) is 5.92 Å². The quantitative estimate of drug-likeness (QED) is 0.550. The van der Waals surface area contributed by atoms with Crippen LogP contribution in [0.25, 0.3) is 0 Å². The van der Waals surface area contributed by atoms with Crippen LogP contribution in [0.3, 0.4) is 0 Å². The number of amides is 1. The number of carbonyl (C=O) groups is 1. The summed E-state index contributed by atoms with van der Waals surface area (Å²) in [7, 11) is 0. The molecule has 166 valence electrons. The molecule has 0 radical (unpaired) electrons. The first-order chi connectivity index (χ1) is 13.2. The van der Waals surface area contributed by atoms with E-state index in [0.717, 1.165) is 19.6 Å². The van der Waals surface area contributed by atoms with E-state index < -0.39 is 0 Å². The predicted molar refractivity (Wildman–Crippen MR) is 126 cm³/mol. The lowest BCUT2D eigenvalue weighted by atomic mass is 9.89. The highest BCUT2D eigenvalue weighted by molar-refractivity contribution is 5.85. The maximum atomic E-state index is 12.4. The molecule has 0 aromatic heterocycles. The van der Waals surface area contributed by atoms with Gasteiger partial charge in [-0.15, -0.1) is 24.8 Å². The molecule has 2 heterocycles. The zero-order valence-corrected chi connectivity index (χ0v) is 19.6. The normalized spacial score (nSPS) is 22.7. The second-order valence-electron chi connectivity index (χ2n) is 8.50. The van der Waals surface area contributed by atoms with Gasteiger partial charge in [-0.05, 0) is 62.2 Å². The largest absolute Gasteiger partial charge is 0.352 e. The lowest BCUT2D eigenvalue weighted by Crippen LogP contribution is -2.39. The Kier molecular flexibility index (Phi) is 12.2. The molecule has 29 heavy (non-hydrogen) atoms. The van der Waals surface area contributed by atoms with Gasteiger partial charge in [-0.25, -0.2) is 0 Å². The Morgan fingerprint density at radius 3 is 2.48 bits per heavy atom. The molecule has 2 aliphatic heterocycles. The van der Waals surface area contributed by atoms with Crippen molar-refractivity contribution in [3.63, 3.8) is 0 Å². The van der Waals surface area contributed by atoms with E-state index in [0.29, 0.717) is 31.0 Å². The van der Waals surface area contributed by atoms with Crippen LogP contribution >= 0.6 is 24.8 Å². The Balaban J connectivity index is 0.00000210. The third-order valence-electron chi connectivity index (χ3n) is 6.21. The molecular weight excluding hydrogens is 405 g/mol. The van der Waals surface area contributed by atoms with Crippen LogP contribution < -0.4 is 10.6 Å². The van der Waals surface area contributed by atoms with Crippen molar-refractivity contribution in [1.29, 1.82) is 0 Å². The van der Waals surface area contributed by atoms with Gasteiger partial charge in [0.25, 0.3) is 0 Å². The van der Waals surface area contributed by atoms with E-state index in [9.17, 15) is 4.79 Å². The molecule has 1 aromatic rings. The van der Waals surface area contributed by atoms with Crippen LogP contribution in [-0.2, 0) is 17.9 Å². The number of hydrogen-bond donors (Lipinski definition) is 2. The molecule has 6 heteroatoms. The third-order valence-corrected chi connectivity index (χ3v) is 6.21. The molecule has 1 amide bonds. The van der Waals surface area contributed by atoms with Gasteiger partial charge in [-0.2, -0.15) is 0 Å². The fourth-order valence-electron chi connectivity index (χ4n) is 4.70. The summed E-state index contributed by atoms with van der Waals surface area (Å²) >= 11 is 0. The average Bonchev–Trinajstić information content (AvgIpc) is 3.02. The fraction of sp³-hybridized carbons (Fsp3) is 0.696. The minimum absolute atomic E-state index is 0. The van der Waals surface area contributed by atoms with E-state index in [1.54, 1.807) is 0 Å². The van der Waals surface area contributed by atoms with Crippen molar-refractivity contribution in [3.8, 4) is 0 Å². The lowest BCUT2D eigenvalue weighted by molar-refractivity contribution is -0.122. The van der Waals surface area contributed by atoms with Gasteiger partial charge >= 0.3 is 0 Å². The number of halogens is 2. The van der Waals surface area contributed by atoms with Crippen molar-refractivity contribution in [2.45, 2.75) is 84.0 Å². The molecule has 2 fully saturated rings. The number of fused-ring (bicyclic) bond motifs is 2. The van der Waals surface area contributed by atoms with Gasteiger partial charge in [0.05, 0.1) is 0 Å². The maximum absolute atomic E-state index is 12.4. The summed E-state index contributed by atoms with van der Waals surface area (Å²) in [6, 6.07) is 10.0. The first kappa shape index (κ1) is 26.2. The maximum Gasteiger partial charge on any atom is 0.220 e. The molecule has 2 N–H and O–H groups in total. The van der Waals surface area contributed by atoms with Crippen LogP contribution in [0.2, 0.25) is 0 Å². The summed E-state index contributed by atoms with van der Waals surface area (Å²) in [6.45, 7) is 8.35. The van der Waals surface area contributed by atoms with Crippen molar-refractivity contribution in [2.24, 2.45) is 5.92 Å². The molecule has 2 unspecified atom stereocenters. The van der Waals surface area contributed by atoms with Gasteiger partial charge in [0.1, 0.15) is 0 Å². The molecule has 0 saturated carbocycles. The van der Waals surface area contributed by atoms with E-state index in [4.69, 9.17) is 0 Å². The highest BCUT2D eigenvalue weighted by atomic mass is 35.5. The summed E-state index contributed by atoms with van der Waals surface area (Å²) in [5.41, 5.74) is 2.55. The minimum atomic E-state index is 0. The number of hydrogen-bond acceptors (Lipinski definition) is 3. The molecule has 0 spiro atoms. The summed E-state index contributed by atoms with van der Waals surface area (Å²) < 4.78 is 0. The van der Waals surface area contributed by atoms with Crippen molar-refractivity contribution < 1.29 is 4.79 Å². The van der Waals surface area contributed by atoms with E-state index in [-0.39, 0.29) is 30.7 Å². The molecule has 2 saturated heterocycles. The van der Waals surface area contributed by atoms with E-state index in [1.807, 2.05) is 0 Å². The van der Waals surface area contributed by atoms with E-state index in [1.165, 1.54) is 49.7 Å². The van der Waals surface area contributed by atoms with Crippen molar-refractivity contribution in [2.75, 3.05) is 13.1 Å². The van der Waals surface area contributed by atoms with Gasteiger partial charge in [0.15, 0.2) is 0 Å². The standard InChI is InChI=1S/C23H37N3O.2ClH/c1-3-5-11-26(4-2)17-19-8-6-7-18(12-19)16-24-23(27)15-20-13-21-9-10-22(14-20)25-21;;/h6-8,12,20-22,25H,3-5,9-11,13-17H2,1-2H3,(H,24,27);2*1H. The molecule has 2 bridgehead atoms. The summed E-state index contributed by atoms with van der Waals surface area (Å²) in [5, 5.41) is 6.81. The first-order valence-corrected chi connectivity index (χ1v) is 11.0. The number of rotatable bonds is 10. The Bertz CT molecular complexity index is 602. The van der Waals surface area contributed by atoms with Gasteiger partial charge < -0.3 is 10.6 Å². The van der Waals surface area contributed by atoms with E-state index >= 15 is 0 Å². The third kappa shape index (κ3) is 8.45. The topological polar surface area (TPSA) is 44.4 Å². The molecule has 1 aromatic carbocycles. The highest BCUT2D eigenvalue weighted by Gasteiger charge is 2.34. The number of carbonyl (C=O) groups excluding carboxylic acids is 1. The average molecular weight is 444 g/mol. The predicted octanol–water partition coefficient (Wildman–Crippen LogP) is 4.69. The number of unbranched alkanes of at least 4 members (excludes halogenated alkanes) is 1. The molecular formula is C23H39Cl2N3O. The monoisotopic (exact) mass is 443 g/mol. The summed E-state index contributed by atoms with van der Waals surface area (Å²) in [6.07, 6.45) is 8.11. The Labute approximate surface area is 189 Å². The van der Waals surface area contributed by atoms with Gasteiger partial charge in [0.2, 0.25) is 5.91 Å². The molecule has 3 rings (SSSR count). The molecule has 2 atom stereocenters. The Hall–Kier alpha value is -0.810. The molecule has 4 nitrogen and oxygen atoms in total. The number of benzene rings is 1. The van der Waals surface area contributed by atoms with Crippen LogP contribution in [-0.4, -0.2) is 36.0 Å². The van der Waals surface area contributed by atoms with Crippen molar-refractivity contribution in [1.82, 2.24) is 15.5 Å². The highest BCUT2D eigenvalue weighted by Crippen LogP contribution is 2.32. The lowest BCUT2D eigenvalue weighted by Gasteiger charge is -2.28. The van der Waals surface area contributed by atoms with Gasteiger partial charge in [0, 0.05) is 31.6 Å². The summed E-state index contributed by atoms with van der Waals surface area (Å²) in [4.78, 5) is 14.9. The second kappa shape index (κ2) is 13.5. The van der Waals surface area contributed by atoms with Crippen molar-refractivity contribution in [3.05, 3.63) is 35.4 Å². The zero-order chi connectivity index (χ0) is 19.1. The number of piperidine rings is 1. The molecule has 0 aliphatic carbocycles. The smallest absolute Gasteiger partial charge is 0.220 e. The Morgan fingerprint density at radius 2 is 1.83 bits per heavy atom. The zero-order valence-electron chi connectivity index (χ0n) is 18.0. The van der Waals surface area contributed by atoms with Crippen LogP contribution in [0.5, 0.6) is 0 Å². The number of nitrogens with one attached hydrogen (secondary N) is 2. The first-order valence-electron chi connectivity index (χ1n) is 11.0. The van der Waals surface area contributed by atoms with E-state index in [2.05, 4.69) is 53.6 Å². The van der Waals surface area contributed by atoms with Crippen LogP contribution in [0.4, 0.5) is 0 Å². The molecule has 2 aliphatic rings. The number of nitrogens with zero attached hydrogens (tertiary/aromatic N) is 1.